The lowest BCUT2D eigenvalue weighted by molar-refractivity contribution is 0.102. The molecule has 10 aromatic heterocycles. The largest absolute Gasteiger partial charge is 0.314 e. The second-order valence-electron chi connectivity index (χ2n) is 24.2. The highest BCUT2D eigenvalue weighted by molar-refractivity contribution is 7.17. The predicted octanol–water partition coefficient (Wildman–Crippen LogP) is 21.1. The van der Waals surface area contributed by atoms with Crippen molar-refractivity contribution in [3.8, 4) is 0 Å². The fourth-order valence-corrected chi connectivity index (χ4v) is 14.9. The van der Waals surface area contributed by atoms with Crippen molar-refractivity contribution in [2.24, 2.45) is 0 Å². The Balaban J connectivity index is 0.000000120. The SMILES string of the molecule is Cc1ccc2cccc(C(=O)Nc3ccc(C)s3)c2n1.Cc1ccc2cccc(C(=O)Nc3ccc(C)s3)c2n1.Cc1ccc2cccc(C(=O)Nc3ccc(C4CC4)s3)c2n1.Cc1ccc2cccc(C(=O)Nc3cccs3)c2n1.Cc1csc(NC(=O)c2cccc3ccc(C)nc23)c1. The first-order valence-electron chi connectivity index (χ1n) is 32.5. The van der Waals surface area contributed by atoms with Gasteiger partial charge in [-0.25, -0.2) is 0 Å². The lowest BCUT2D eigenvalue weighted by Gasteiger charge is -2.06. The van der Waals surface area contributed by atoms with E-state index in [-0.39, 0.29) is 29.5 Å². The minimum absolute atomic E-state index is 0.0899. The Bertz CT molecular complexity index is 5240. The second kappa shape index (κ2) is 31.9. The fourth-order valence-electron chi connectivity index (χ4n) is 10.9. The second-order valence-corrected chi connectivity index (χ2v) is 29.7. The van der Waals surface area contributed by atoms with Crippen LogP contribution in [-0.4, -0.2) is 54.5 Å². The molecule has 5 aromatic carbocycles. The number of aryl methyl sites for hydroxylation is 8. The smallest absolute Gasteiger partial charge is 0.258 e. The number of thiophene rings is 5. The molecule has 0 atom stereocenters. The number of fused-ring (bicyclic) bond motifs is 5. The third-order valence-electron chi connectivity index (χ3n) is 16.0. The monoisotopic (exact) mass is 1420 g/mol. The highest BCUT2D eigenvalue weighted by Gasteiger charge is 2.26. The zero-order valence-electron chi connectivity index (χ0n) is 56.6. The van der Waals surface area contributed by atoms with Crippen molar-refractivity contribution in [3.63, 3.8) is 0 Å². The Morgan fingerprint density at radius 2 is 0.634 bits per heavy atom. The van der Waals surface area contributed by atoms with Crippen LogP contribution in [0.3, 0.4) is 0 Å². The number of benzene rings is 5. The van der Waals surface area contributed by atoms with Gasteiger partial charge in [-0.2, -0.15) is 0 Å². The summed E-state index contributed by atoms with van der Waals surface area (Å²) in [7, 11) is 0. The van der Waals surface area contributed by atoms with Crippen LogP contribution in [0.15, 0.2) is 217 Å². The molecular weight excluding hydrogens is 1350 g/mol. The number of aromatic nitrogens is 5. The number of nitrogens with zero attached hydrogens (tertiary/aromatic N) is 5. The van der Waals surface area contributed by atoms with E-state index in [2.05, 4.69) is 57.6 Å². The molecule has 5 amide bonds. The van der Waals surface area contributed by atoms with Crippen LogP contribution in [0.5, 0.6) is 0 Å². The summed E-state index contributed by atoms with van der Waals surface area (Å²) in [6, 6.07) is 65.8. The van der Waals surface area contributed by atoms with Crippen molar-refractivity contribution in [1.82, 2.24) is 24.9 Å². The number of nitrogens with one attached hydrogen (secondary N) is 5. The average Bonchev–Trinajstić information content (AvgIpc) is 1.20. The molecule has 15 nitrogen and oxygen atoms in total. The van der Waals surface area contributed by atoms with Crippen molar-refractivity contribution < 1.29 is 24.0 Å². The quantitative estimate of drug-likeness (QED) is 0.0827. The number of carbonyl (C=O) groups is 5. The van der Waals surface area contributed by atoms with Gasteiger partial charge in [0, 0.05) is 70.0 Å². The summed E-state index contributed by atoms with van der Waals surface area (Å²) in [5.41, 5.74) is 12.5. The van der Waals surface area contributed by atoms with Gasteiger partial charge in [-0.15, -0.1) is 56.7 Å². The Hall–Kier alpha value is -11.0. The number of anilines is 5. The van der Waals surface area contributed by atoms with Crippen molar-refractivity contribution in [2.75, 3.05) is 26.6 Å². The summed E-state index contributed by atoms with van der Waals surface area (Å²) in [4.78, 5) is 88.3. The van der Waals surface area contributed by atoms with Gasteiger partial charge in [0.2, 0.25) is 0 Å². The van der Waals surface area contributed by atoms with Gasteiger partial charge in [0.15, 0.2) is 0 Å². The van der Waals surface area contributed by atoms with Crippen LogP contribution in [0.25, 0.3) is 54.5 Å². The van der Waals surface area contributed by atoms with Gasteiger partial charge in [-0.3, -0.25) is 48.9 Å². The van der Waals surface area contributed by atoms with Crippen molar-refractivity contribution in [1.29, 1.82) is 0 Å². The average molecular weight is 1420 g/mol. The number of hydrogen-bond acceptors (Lipinski definition) is 15. The molecule has 20 heteroatoms. The zero-order valence-corrected chi connectivity index (χ0v) is 60.7. The highest BCUT2D eigenvalue weighted by atomic mass is 32.1. The lowest BCUT2D eigenvalue weighted by Crippen LogP contribution is -2.12. The zero-order chi connectivity index (χ0) is 70.7. The van der Waals surface area contributed by atoms with Crippen LogP contribution >= 0.6 is 56.7 Å². The molecule has 101 heavy (non-hydrogen) atoms. The predicted molar refractivity (Wildman–Crippen MR) is 420 cm³/mol. The molecule has 0 saturated heterocycles. The molecule has 504 valence electrons. The standard InChI is InChI=1S/C18H16N2OS.3C16H14N2OS.C15H12N2OS/c1-11-5-6-13-3-2-4-14(17(13)19-11)18(21)20-16-10-9-15(22-16)12-7-8-12;2*1-10-6-8-12-4-3-5-13(15(12)17-10)16(19)18-14-9-7-11(2)20-14;1-10-8-14(20-9-10)18-16(19)13-5-3-4-12-7-6-11(2)17-15(12)13;1-10-7-8-11-4-2-5-12(14(11)16-10)15(18)17-13-6-3-9-19-13/h2-6,9-10,12H,7-8H2,1H3,(H,20,21);3*3-9H,1-2H3,(H,18,19);2-9H,1H3,(H,17,18). The fraction of sp³-hybridized carbons (Fsp3) is 0.136. The molecule has 1 aliphatic carbocycles. The van der Waals surface area contributed by atoms with E-state index in [0.717, 1.165) is 119 Å². The number of carbonyl (C=O) groups excluding carboxylic acids is 5. The van der Waals surface area contributed by atoms with E-state index in [1.165, 1.54) is 50.1 Å². The molecule has 10 heterocycles. The van der Waals surface area contributed by atoms with E-state index >= 15 is 0 Å². The van der Waals surface area contributed by atoms with Crippen LogP contribution in [0, 0.1) is 55.4 Å². The summed E-state index contributed by atoms with van der Waals surface area (Å²) < 4.78 is 0. The van der Waals surface area contributed by atoms with Crippen LogP contribution in [0.2, 0.25) is 0 Å². The third kappa shape index (κ3) is 17.9. The Morgan fingerprint density at radius 3 is 0.921 bits per heavy atom. The van der Waals surface area contributed by atoms with Crippen molar-refractivity contribution in [3.05, 3.63) is 293 Å². The summed E-state index contributed by atoms with van der Waals surface area (Å²) in [5, 5.41) is 27.9. The van der Waals surface area contributed by atoms with E-state index in [9.17, 15) is 24.0 Å². The summed E-state index contributed by atoms with van der Waals surface area (Å²) in [6.45, 7) is 15.7. The Kier molecular flexibility index (Phi) is 22.1. The first-order chi connectivity index (χ1) is 48.8. The van der Waals surface area contributed by atoms with Crippen LogP contribution in [-0.2, 0) is 0 Å². The van der Waals surface area contributed by atoms with Gasteiger partial charge in [-0.05, 0) is 206 Å². The van der Waals surface area contributed by atoms with E-state index in [0.29, 0.717) is 27.8 Å². The summed E-state index contributed by atoms with van der Waals surface area (Å²) >= 11 is 7.85. The summed E-state index contributed by atoms with van der Waals surface area (Å²) in [6.07, 6.45) is 2.56. The molecule has 0 unspecified atom stereocenters. The topological polar surface area (TPSA) is 210 Å². The van der Waals surface area contributed by atoms with Gasteiger partial charge in [0.1, 0.15) is 0 Å². The van der Waals surface area contributed by atoms with E-state index in [1.54, 1.807) is 40.1 Å². The minimum atomic E-state index is -0.119. The van der Waals surface area contributed by atoms with Gasteiger partial charge in [0.25, 0.3) is 29.5 Å². The first kappa shape index (κ1) is 69.9. The number of amides is 5. The van der Waals surface area contributed by atoms with E-state index in [4.69, 9.17) is 0 Å². The summed E-state index contributed by atoms with van der Waals surface area (Å²) in [5.74, 6) is 0.165. The molecule has 0 bridgehead atoms. The lowest BCUT2D eigenvalue weighted by atomic mass is 10.1. The minimum Gasteiger partial charge on any atom is -0.314 e. The Labute approximate surface area is 604 Å². The van der Waals surface area contributed by atoms with E-state index < -0.39 is 0 Å². The molecule has 0 radical (unpaired) electrons. The maximum absolute atomic E-state index is 12.6. The van der Waals surface area contributed by atoms with Gasteiger partial charge >= 0.3 is 0 Å². The van der Waals surface area contributed by atoms with Gasteiger partial charge < -0.3 is 26.6 Å². The number of para-hydroxylation sites is 5. The third-order valence-corrected chi connectivity index (χ3v) is 20.8. The van der Waals surface area contributed by atoms with Crippen LogP contribution < -0.4 is 26.6 Å². The van der Waals surface area contributed by atoms with Crippen LogP contribution in [0.1, 0.15) is 119 Å². The maximum Gasteiger partial charge on any atom is 0.258 e. The molecule has 1 fully saturated rings. The van der Waals surface area contributed by atoms with Gasteiger partial charge in [-0.1, -0.05) is 91.0 Å². The molecule has 5 N–H and O–H groups in total. The first-order valence-corrected chi connectivity index (χ1v) is 36.8. The number of pyridine rings is 5. The molecule has 0 aliphatic heterocycles. The molecule has 1 saturated carbocycles. The molecule has 0 spiro atoms. The van der Waals surface area contributed by atoms with Crippen LogP contribution in [0.4, 0.5) is 25.0 Å². The Morgan fingerprint density at radius 1 is 0.317 bits per heavy atom. The molecular formula is C81H70N10O5S5. The maximum atomic E-state index is 12.6. The molecule has 1 aliphatic rings. The van der Waals surface area contributed by atoms with E-state index in [1.807, 2.05) is 260 Å². The number of rotatable bonds is 11. The highest BCUT2D eigenvalue weighted by Crippen LogP contribution is 2.44. The normalized spacial score (nSPS) is 11.4. The van der Waals surface area contributed by atoms with Gasteiger partial charge in [0.05, 0.1) is 80.4 Å². The molecule has 16 rings (SSSR count). The molecule has 15 aromatic rings. The van der Waals surface area contributed by atoms with Crippen molar-refractivity contribution >= 4 is 166 Å². The number of hydrogen-bond donors (Lipinski definition) is 5. The van der Waals surface area contributed by atoms with Crippen molar-refractivity contribution in [2.45, 2.75) is 74.1 Å².